The molecule has 0 spiro atoms. The van der Waals surface area contributed by atoms with E-state index in [-0.39, 0.29) is 5.54 Å². The van der Waals surface area contributed by atoms with E-state index in [0.717, 1.165) is 12.1 Å². The smallest absolute Gasteiger partial charge is 0.166 e. The number of anilines is 1. The zero-order valence-corrected chi connectivity index (χ0v) is 10.2. The van der Waals surface area contributed by atoms with Crippen LogP contribution in [0.4, 0.5) is 5.82 Å². The van der Waals surface area contributed by atoms with Gasteiger partial charge in [-0.05, 0) is 27.2 Å². The lowest BCUT2D eigenvalue weighted by Gasteiger charge is -2.25. The maximum absolute atomic E-state index is 5.83. The van der Waals surface area contributed by atoms with Crippen molar-refractivity contribution in [2.24, 2.45) is 0 Å². The topological polar surface area (TPSA) is 69.6 Å². The Morgan fingerprint density at radius 1 is 1.38 bits per heavy atom. The highest BCUT2D eigenvalue weighted by molar-refractivity contribution is 5.81. The molecule has 2 aromatic heterocycles. The van der Waals surface area contributed by atoms with Crippen LogP contribution in [0.3, 0.4) is 0 Å². The third kappa shape index (κ3) is 1.52. The van der Waals surface area contributed by atoms with E-state index in [4.69, 9.17) is 5.73 Å². The number of aryl methyl sites for hydroxylation is 1. The number of hydrogen-bond donors (Lipinski definition) is 1. The van der Waals surface area contributed by atoms with Crippen LogP contribution in [0.5, 0.6) is 0 Å². The van der Waals surface area contributed by atoms with Gasteiger partial charge < -0.3 is 10.3 Å². The Morgan fingerprint density at radius 3 is 2.69 bits per heavy atom. The molecule has 0 bridgehead atoms. The van der Waals surface area contributed by atoms with Crippen molar-refractivity contribution in [2.45, 2.75) is 39.7 Å². The third-order valence-electron chi connectivity index (χ3n) is 3.05. The number of rotatable bonds is 2. The Morgan fingerprint density at radius 2 is 2.06 bits per heavy atom. The van der Waals surface area contributed by atoms with Gasteiger partial charge in [-0.2, -0.15) is 0 Å². The van der Waals surface area contributed by atoms with Crippen molar-refractivity contribution < 1.29 is 0 Å². The van der Waals surface area contributed by atoms with Crippen LogP contribution in [0.15, 0.2) is 6.33 Å². The quantitative estimate of drug-likeness (QED) is 0.837. The number of hydrogen-bond acceptors (Lipinski definition) is 4. The second-order valence-electron chi connectivity index (χ2n) is 4.61. The van der Waals surface area contributed by atoms with Crippen molar-refractivity contribution in [3.05, 3.63) is 12.2 Å². The molecule has 2 N–H and O–H groups in total. The summed E-state index contributed by atoms with van der Waals surface area (Å²) in [7, 11) is 0. The molecule has 5 heteroatoms. The zero-order chi connectivity index (χ0) is 11.9. The molecular formula is C11H17N5. The van der Waals surface area contributed by atoms with Gasteiger partial charge in [-0.3, -0.25) is 0 Å². The fourth-order valence-electron chi connectivity index (χ4n) is 1.65. The second-order valence-corrected chi connectivity index (χ2v) is 4.61. The predicted molar refractivity (Wildman–Crippen MR) is 64.1 cm³/mol. The van der Waals surface area contributed by atoms with Gasteiger partial charge in [0.25, 0.3) is 0 Å². The van der Waals surface area contributed by atoms with E-state index >= 15 is 0 Å². The molecule has 2 aromatic rings. The monoisotopic (exact) mass is 219 g/mol. The van der Waals surface area contributed by atoms with Crippen LogP contribution in [0.1, 0.15) is 33.0 Å². The van der Waals surface area contributed by atoms with Crippen molar-refractivity contribution in [3.63, 3.8) is 0 Å². The fourth-order valence-corrected chi connectivity index (χ4v) is 1.65. The Bertz CT molecular complexity index is 526. The number of imidazole rings is 1. The average Bonchev–Trinajstić information content (AvgIpc) is 2.62. The highest BCUT2D eigenvalue weighted by Crippen LogP contribution is 2.25. The van der Waals surface area contributed by atoms with Gasteiger partial charge in [-0.25, -0.2) is 15.0 Å². The summed E-state index contributed by atoms with van der Waals surface area (Å²) in [4.78, 5) is 12.8. The molecule has 0 radical (unpaired) electrons. The first-order valence-electron chi connectivity index (χ1n) is 5.43. The predicted octanol–water partition coefficient (Wildman–Crippen LogP) is 1.86. The van der Waals surface area contributed by atoms with Crippen molar-refractivity contribution in [2.75, 3.05) is 5.73 Å². The van der Waals surface area contributed by atoms with Crippen molar-refractivity contribution in [1.82, 2.24) is 19.5 Å². The number of aromatic nitrogens is 4. The van der Waals surface area contributed by atoms with Crippen LogP contribution in [0, 0.1) is 6.92 Å². The lowest BCUT2D eigenvalue weighted by molar-refractivity contribution is 0.350. The Kier molecular flexibility index (Phi) is 2.33. The zero-order valence-electron chi connectivity index (χ0n) is 10.2. The average molecular weight is 219 g/mol. The Balaban J connectivity index is 2.74. The Labute approximate surface area is 94.7 Å². The largest absolute Gasteiger partial charge is 0.382 e. The van der Waals surface area contributed by atoms with E-state index in [2.05, 4.69) is 40.3 Å². The molecule has 86 valence electrons. The minimum absolute atomic E-state index is 0.0119. The second kappa shape index (κ2) is 3.43. The summed E-state index contributed by atoms with van der Waals surface area (Å²) < 4.78 is 2.06. The summed E-state index contributed by atoms with van der Waals surface area (Å²) in [6.45, 7) is 8.29. The van der Waals surface area contributed by atoms with Gasteiger partial charge >= 0.3 is 0 Å². The number of fused-ring (bicyclic) bond motifs is 1. The molecule has 0 fully saturated rings. The first-order chi connectivity index (χ1) is 7.45. The normalized spacial score (nSPS) is 12.2. The highest BCUT2D eigenvalue weighted by Gasteiger charge is 2.21. The standard InChI is InChI=1S/C11H17N5/c1-5-11(3,4)16-6-13-8-9(12)14-7(2)15-10(8)16/h6H,5H2,1-4H3,(H2,12,14,15). The van der Waals surface area contributed by atoms with E-state index in [1.807, 2.05) is 6.92 Å². The first kappa shape index (κ1) is 10.9. The summed E-state index contributed by atoms with van der Waals surface area (Å²) >= 11 is 0. The molecule has 16 heavy (non-hydrogen) atoms. The lowest BCUT2D eigenvalue weighted by Crippen LogP contribution is -2.24. The lowest BCUT2D eigenvalue weighted by atomic mass is 10.0. The summed E-state index contributed by atoms with van der Waals surface area (Å²) in [5, 5.41) is 0. The molecule has 0 amide bonds. The van der Waals surface area contributed by atoms with E-state index in [0.29, 0.717) is 17.2 Å². The van der Waals surface area contributed by atoms with Gasteiger partial charge in [-0.15, -0.1) is 0 Å². The van der Waals surface area contributed by atoms with Crippen molar-refractivity contribution in [1.29, 1.82) is 0 Å². The summed E-state index contributed by atoms with van der Waals surface area (Å²) in [6, 6.07) is 0. The number of nitrogens with two attached hydrogens (primary N) is 1. The number of nitrogens with zero attached hydrogens (tertiary/aromatic N) is 4. The van der Waals surface area contributed by atoms with E-state index in [1.54, 1.807) is 6.33 Å². The van der Waals surface area contributed by atoms with Crippen LogP contribution in [-0.4, -0.2) is 19.5 Å². The van der Waals surface area contributed by atoms with Crippen molar-refractivity contribution >= 4 is 17.0 Å². The minimum Gasteiger partial charge on any atom is -0.382 e. The van der Waals surface area contributed by atoms with Crippen LogP contribution in [-0.2, 0) is 5.54 Å². The molecule has 0 atom stereocenters. The molecule has 0 saturated carbocycles. The molecule has 0 unspecified atom stereocenters. The molecule has 5 nitrogen and oxygen atoms in total. The number of nitrogen functional groups attached to an aromatic ring is 1. The molecule has 0 aliphatic rings. The van der Waals surface area contributed by atoms with Gasteiger partial charge in [0.2, 0.25) is 0 Å². The van der Waals surface area contributed by atoms with E-state index < -0.39 is 0 Å². The van der Waals surface area contributed by atoms with Crippen LogP contribution in [0.25, 0.3) is 11.2 Å². The third-order valence-corrected chi connectivity index (χ3v) is 3.05. The molecule has 2 heterocycles. The summed E-state index contributed by atoms with van der Waals surface area (Å²) in [5.41, 5.74) is 7.32. The molecule has 0 saturated heterocycles. The van der Waals surface area contributed by atoms with Gasteiger partial charge in [0.15, 0.2) is 11.5 Å². The molecular weight excluding hydrogens is 202 g/mol. The van der Waals surface area contributed by atoms with Gasteiger partial charge in [0.05, 0.1) is 6.33 Å². The highest BCUT2D eigenvalue weighted by atomic mass is 15.2. The SMILES string of the molecule is CCC(C)(C)n1cnc2c(N)nc(C)nc21. The van der Waals surface area contributed by atoms with E-state index in [1.165, 1.54) is 0 Å². The molecule has 2 rings (SSSR count). The maximum atomic E-state index is 5.83. The van der Waals surface area contributed by atoms with Gasteiger partial charge in [-0.1, -0.05) is 6.92 Å². The van der Waals surface area contributed by atoms with Gasteiger partial charge in [0, 0.05) is 5.54 Å². The molecule has 0 aliphatic carbocycles. The summed E-state index contributed by atoms with van der Waals surface area (Å²) in [6.07, 6.45) is 2.79. The first-order valence-corrected chi connectivity index (χ1v) is 5.43. The van der Waals surface area contributed by atoms with Crippen molar-refractivity contribution in [3.8, 4) is 0 Å². The Hall–Kier alpha value is -1.65. The minimum atomic E-state index is -0.0119. The van der Waals surface area contributed by atoms with Crippen LogP contribution >= 0.6 is 0 Å². The fraction of sp³-hybridized carbons (Fsp3) is 0.545. The summed E-state index contributed by atoms with van der Waals surface area (Å²) in [5.74, 6) is 1.13. The van der Waals surface area contributed by atoms with Crippen LogP contribution < -0.4 is 5.73 Å². The van der Waals surface area contributed by atoms with E-state index in [9.17, 15) is 0 Å². The van der Waals surface area contributed by atoms with Crippen LogP contribution in [0.2, 0.25) is 0 Å². The molecule has 0 aliphatic heterocycles. The van der Waals surface area contributed by atoms with Gasteiger partial charge in [0.1, 0.15) is 11.3 Å². The maximum Gasteiger partial charge on any atom is 0.166 e. The molecule has 0 aromatic carbocycles.